The summed E-state index contributed by atoms with van der Waals surface area (Å²) in [6.07, 6.45) is 3.15. The molecule has 1 N–H and O–H groups in total. The van der Waals surface area contributed by atoms with Gasteiger partial charge < -0.3 is 14.2 Å². The van der Waals surface area contributed by atoms with Gasteiger partial charge in [-0.05, 0) is 12.1 Å². The number of thiophene rings is 1. The Balaban J connectivity index is 2.27. The van der Waals surface area contributed by atoms with Crippen LogP contribution in [0, 0.1) is 11.8 Å². The zero-order valence-electron chi connectivity index (χ0n) is 10.3. The first-order valence-corrected chi connectivity index (χ1v) is 6.38. The maximum absolute atomic E-state index is 11.7. The minimum absolute atomic E-state index is 0.179. The summed E-state index contributed by atoms with van der Waals surface area (Å²) in [5, 5.41) is 8.61. The molecular weight excluding hydrogens is 264 g/mol. The average molecular weight is 276 g/mol. The fourth-order valence-electron chi connectivity index (χ4n) is 1.54. The zero-order valence-corrected chi connectivity index (χ0v) is 11.1. The molecule has 6 heteroatoms. The van der Waals surface area contributed by atoms with Gasteiger partial charge in [0.2, 0.25) is 0 Å². The van der Waals surface area contributed by atoms with Gasteiger partial charge in [0.25, 0.3) is 0 Å². The molecule has 0 unspecified atom stereocenters. The predicted octanol–water partition coefficient (Wildman–Crippen LogP) is 0.000600. The number of aryl methyl sites for hydroxylation is 1. The summed E-state index contributed by atoms with van der Waals surface area (Å²) < 4.78 is 2.63. The first-order valence-electron chi connectivity index (χ1n) is 5.56. The summed E-state index contributed by atoms with van der Waals surface area (Å²) in [6, 6.07) is 3.69. The molecule has 0 aliphatic carbocycles. The molecule has 0 aliphatic heterocycles. The predicted molar refractivity (Wildman–Crippen MR) is 73.3 cm³/mol. The van der Waals surface area contributed by atoms with Gasteiger partial charge in [0.1, 0.15) is 6.61 Å². The lowest BCUT2D eigenvalue weighted by Crippen LogP contribution is -2.39. The maximum Gasteiger partial charge on any atom is 0.316 e. The van der Waals surface area contributed by atoms with E-state index in [2.05, 4.69) is 11.8 Å². The van der Waals surface area contributed by atoms with Gasteiger partial charge in [-0.3, -0.25) is 9.59 Å². The van der Waals surface area contributed by atoms with Gasteiger partial charge in [0.05, 0.1) is 11.4 Å². The highest BCUT2D eigenvalue weighted by Gasteiger charge is 2.04. The van der Waals surface area contributed by atoms with Crippen molar-refractivity contribution in [2.24, 2.45) is 7.05 Å². The number of aliphatic hydroxyl groups is 1. The van der Waals surface area contributed by atoms with E-state index in [1.54, 1.807) is 19.4 Å². The lowest BCUT2D eigenvalue weighted by molar-refractivity contribution is 0.350. The zero-order chi connectivity index (χ0) is 13.8. The van der Waals surface area contributed by atoms with Crippen LogP contribution in [0.25, 0.3) is 0 Å². The third-order valence-corrected chi connectivity index (χ3v) is 3.50. The SMILES string of the molecule is Cn1ccn(Cc2ccc(C#CCO)s2)c(=O)c1=O. The molecule has 2 aromatic rings. The van der Waals surface area contributed by atoms with Crippen molar-refractivity contribution in [2.45, 2.75) is 6.54 Å². The van der Waals surface area contributed by atoms with Crippen LogP contribution in [-0.2, 0) is 13.6 Å². The van der Waals surface area contributed by atoms with Crippen molar-refractivity contribution in [3.8, 4) is 11.8 Å². The Bertz CT molecular complexity index is 758. The molecule has 19 heavy (non-hydrogen) atoms. The van der Waals surface area contributed by atoms with E-state index in [9.17, 15) is 9.59 Å². The Morgan fingerprint density at radius 2 is 2.05 bits per heavy atom. The Hall–Kier alpha value is -2.10. The van der Waals surface area contributed by atoms with Gasteiger partial charge in [-0.2, -0.15) is 0 Å². The van der Waals surface area contributed by atoms with Gasteiger partial charge in [0, 0.05) is 24.3 Å². The van der Waals surface area contributed by atoms with E-state index in [0.29, 0.717) is 6.54 Å². The van der Waals surface area contributed by atoms with Crippen LogP contribution >= 0.6 is 11.3 Å². The van der Waals surface area contributed by atoms with E-state index in [-0.39, 0.29) is 6.61 Å². The molecule has 0 radical (unpaired) electrons. The van der Waals surface area contributed by atoms with Gasteiger partial charge in [-0.15, -0.1) is 11.3 Å². The van der Waals surface area contributed by atoms with Crippen LogP contribution in [0.4, 0.5) is 0 Å². The monoisotopic (exact) mass is 276 g/mol. The number of hydrogen-bond acceptors (Lipinski definition) is 4. The van der Waals surface area contributed by atoms with Crippen LogP contribution in [0.1, 0.15) is 9.75 Å². The van der Waals surface area contributed by atoms with E-state index in [1.165, 1.54) is 20.5 Å². The molecule has 0 spiro atoms. The van der Waals surface area contributed by atoms with Gasteiger partial charge >= 0.3 is 11.1 Å². The lowest BCUT2D eigenvalue weighted by atomic mass is 10.4. The van der Waals surface area contributed by atoms with Crippen molar-refractivity contribution in [3.63, 3.8) is 0 Å². The Kier molecular flexibility index (Phi) is 4.00. The topological polar surface area (TPSA) is 64.2 Å². The third-order valence-electron chi connectivity index (χ3n) is 2.51. The molecule has 5 nitrogen and oxygen atoms in total. The molecule has 0 amide bonds. The van der Waals surface area contributed by atoms with Crippen LogP contribution in [0.3, 0.4) is 0 Å². The normalized spacial score (nSPS) is 10.0. The van der Waals surface area contributed by atoms with Gasteiger partial charge in [-0.1, -0.05) is 11.8 Å². The molecule has 0 saturated heterocycles. The number of nitrogens with zero attached hydrogens (tertiary/aromatic N) is 2. The second-order valence-electron chi connectivity index (χ2n) is 3.87. The molecule has 0 bridgehead atoms. The molecule has 2 rings (SSSR count). The molecule has 0 atom stereocenters. The Labute approximate surface area is 113 Å². The smallest absolute Gasteiger partial charge is 0.316 e. The molecule has 0 saturated carbocycles. The van der Waals surface area contributed by atoms with Crippen LogP contribution in [0.15, 0.2) is 34.1 Å². The molecule has 2 aromatic heterocycles. The van der Waals surface area contributed by atoms with Crippen molar-refractivity contribution >= 4 is 11.3 Å². The number of rotatable bonds is 2. The summed E-state index contributed by atoms with van der Waals surface area (Å²) >= 11 is 1.43. The fourth-order valence-corrected chi connectivity index (χ4v) is 2.42. The summed E-state index contributed by atoms with van der Waals surface area (Å²) in [7, 11) is 1.54. The van der Waals surface area contributed by atoms with Crippen LogP contribution in [-0.4, -0.2) is 20.8 Å². The number of aromatic nitrogens is 2. The highest BCUT2D eigenvalue weighted by Crippen LogP contribution is 2.15. The maximum atomic E-state index is 11.7. The van der Waals surface area contributed by atoms with E-state index in [4.69, 9.17) is 5.11 Å². The largest absolute Gasteiger partial charge is 0.384 e. The highest BCUT2D eigenvalue weighted by atomic mass is 32.1. The van der Waals surface area contributed by atoms with E-state index >= 15 is 0 Å². The number of hydrogen-bond donors (Lipinski definition) is 1. The minimum atomic E-state index is -0.542. The third kappa shape index (κ3) is 3.02. The minimum Gasteiger partial charge on any atom is -0.384 e. The van der Waals surface area contributed by atoms with Crippen LogP contribution in [0.5, 0.6) is 0 Å². The van der Waals surface area contributed by atoms with Crippen molar-refractivity contribution in [1.29, 1.82) is 0 Å². The van der Waals surface area contributed by atoms with Crippen molar-refractivity contribution in [1.82, 2.24) is 9.13 Å². The summed E-state index contributed by atoms with van der Waals surface area (Å²) in [4.78, 5) is 25.0. The molecular formula is C13H12N2O3S. The highest BCUT2D eigenvalue weighted by molar-refractivity contribution is 7.12. The van der Waals surface area contributed by atoms with Gasteiger partial charge in [-0.25, -0.2) is 0 Å². The quantitative estimate of drug-likeness (QED) is 0.620. The molecule has 0 aromatic carbocycles. The molecule has 98 valence electrons. The first kappa shape index (κ1) is 13.3. The summed E-state index contributed by atoms with van der Waals surface area (Å²) in [5.41, 5.74) is -1.08. The lowest BCUT2D eigenvalue weighted by Gasteiger charge is -2.03. The van der Waals surface area contributed by atoms with Crippen molar-refractivity contribution in [2.75, 3.05) is 6.61 Å². The molecule has 0 aliphatic rings. The van der Waals surface area contributed by atoms with E-state index < -0.39 is 11.1 Å². The first-order chi connectivity index (χ1) is 9.11. The summed E-state index contributed by atoms with van der Waals surface area (Å²) in [5.74, 6) is 5.36. The average Bonchev–Trinajstić information content (AvgIpc) is 2.85. The van der Waals surface area contributed by atoms with E-state index in [1.807, 2.05) is 12.1 Å². The number of aliphatic hydroxyl groups excluding tert-OH is 1. The van der Waals surface area contributed by atoms with Crippen molar-refractivity contribution in [3.05, 3.63) is 55.0 Å². The standard InChI is InChI=1S/C13H12N2O3S/c1-14-6-7-15(13(18)12(14)17)9-11-5-4-10(19-11)3-2-8-16/h4-7,16H,8-9H2,1H3. The van der Waals surface area contributed by atoms with Crippen LogP contribution in [0.2, 0.25) is 0 Å². The summed E-state index contributed by atoms with van der Waals surface area (Å²) in [6.45, 7) is 0.168. The van der Waals surface area contributed by atoms with E-state index in [0.717, 1.165) is 9.75 Å². The molecule has 0 fully saturated rings. The van der Waals surface area contributed by atoms with Crippen LogP contribution < -0.4 is 11.1 Å². The Morgan fingerprint density at radius 1 is 1.26 bits per heavy atom. The second kappa shape index (κ2) is 5.69. The molecule has 2 heterocycles. The van der Waals surface area contributed by atoms with Gasteiger partial charge in [0.15, 0.2) is 0 Å². The second-order valence-corrected chi connectivity index (χ2v) is 5.04. The Morgan fingerprint density at radius 3 is 2.79 bits per heavy atom. The fraction of sp³-hybridized carbons (Fsp3) is 0.231. The van der Waals surface area contributed by atoms with Crippen molar-refractivity contribution < 1.29 is 5.11 Å².